The lowest BCUT2D eigenvalue weighted by Gasteiger charge is -2.26. The van der Waals surface area contributed by atoms with E-state index in [4.69, 9.17) is 0 Å². The van der Waals surface area contributed by atoms with E-state index in [2.05, 4.69) is 20.8 Å². The van der Waals surface area contributed by atoms with Crippen LogP contribution in [0.25, 0.3) is 0 Å². The van der Waals surface area contributed by atoms with Crippen LogP contribution in [0.5, 0.6) is 0 Å². The van der Waals surface area contributed by atoms with E-state index in [1.165, 1.54) is 31.2 Å². The fraction of sp³-hybridized carbons (Fsp3) is 0.625. The number of hydrogen-bond acceptors (Lipinski definition) is 0. The lowest BCUT2D eigenvalue weighted by atomic mass is 9.79. The summed E-state index contributed by atoms with van der Waals surface area (Å²) >= 11 is 0. The van der Waals surface area contributed by atoms with Gasteiger partial charge in [0.15, 0.2) is 0 Å². The van der Waals surface area contributed by atoms with E-state index in [0.717, 1.165) is 12.3 Å². The average Bonchev–Trinajstić information content (AvgIpc) is 2.33. The average molecular weight is 236 g/mol. The van der Waals surface area contributed by atoms with Crippen molar-refractivity contribution in [3.8, 4) is 0 Å². The Kier molecular flexibility index (Phi) is 6.25. The molecule has 0 heterocycles. The zero-order valence-electron chi connectivity index (χ0n) is 11.4. The van der Waals surface area contributed by atoms with Crippen molar-refractivity contribution in [2.24, 2.45) is 5.92 Å². The maximum absolute atomic E-state index is 13.0. The molecule has 1 heteroatoms. The van der Waals surface area contributed by atoms with Gasteiger partial charge in [-0.05, 0) is 36.0 Å². The highest BCUT2D eigenvalue weighted by atomic mass is 19.1. The molecule has 0 saturated carbocycles. The molecule has 0 amide bonds. The van der Waals surface area contributed by atoms with Crippen LogP contribution in [0.3, 0.4) is 0 Å². The molecular weight excluding hydrogens is 211 g/mol. The molecule has 1 atom stereocenters. The van der Waals surface area contributed by atoms with Crippen molar-refractivity contribution < 1.29 is 4.39 Å². The summed E-state index contributed by atoms with van der Waals surface area (Å²) in [7, 11) is 0. The fourth-order valence-corrected chi connectivity index (χ4v) is 2.84. The molecular formula is C16H25F. The lowest BCUT2D eigenvalue weighted by molar-refractivity contribution is 0.355. The summed E-state index contributed by atoms with van der Waals surface area (Å²) in [5, 5.41) is 0. The predicted octanol–water partition coefficient (Wildman–Crippen LogP) is 5.54. The van der Waals surface area contributed by atoms with Gasteiger partial charge < -0.3 is 0 Å². The Hall–Kier alpha value is -0.850. The van der Waals surface area contributed by atoms with Gasteiger partial charge in [0.25, 0.3) is 0 Å². The topological polar surface area (TPSA) is 0 Å². The summed E-state index contributed by atoms with van der Waals surface area (Å²) in [6, 6.07) is 7.10. The highest BCUT2D eigenvalue weighted by Gasteiger charge is 2.20. The van der Waals surface area contributed by atoms with Gasteiger partial charge >= 0.3 is 0 Å². The number of hydrogen-bond donors (Lipinski definition) is 0. The molecule has 17 heavy (non-hydrogen) atoms. The Morgan fingerprint density at radius 2 is 1.47 bits per heavy atom. The van der Waals surface area contributed by atoms with Crippen LogP contribution in [-0.4, -0.2) is 0 Å². The smallest absolute Gasteiger partial charge is 0.123 e. The minimum Gasteiger partial charge on any atom is -0.207 e. The summed E-state index contributed by atoms with van der Waals surface area (Å²) < 4.78 is 13.0. The lowest BCUT2D eigenvalue weighted by Crippen LogP contribution is -2.12. The van der Waals surface area contributed by atoms with Gasteiger partial charge in [0.1, 0.15) is 5.82 Å². The van der Waals surface area contributed by atoms with E-state index in [1.54, 1.807) is 12.1 Å². The standard InChI is InChI=1S/C16H25F/c1-4-7-13(8-5-2)16(6-3)14-9-11-15(17)12-10-14/h9-13,16H,4-8H2,1-3H3. The van der Waals surface area contributed by atoms with Crippen LogP contribution in [0.1, 0.15) is 64.4 Å². The number of rotatable bonds is 7. The van der Waals surface area contributed by atoms with Gasteiger partial charge in [0, 0.05) is 0 Å². The first kappa shape index (κ1) is 14.2. The van der Waals surface area contributed by atoms with E-state index < -0.39 is 0 Å². The molecule has 0 bridgehead atoms. The molecule has 0 aliphatic rings. The highest BCUT2D eigenvalue weighted by Crippen LogP contribution is 2.34. The minimum absolute atomic E-state index is 0.133. The zero-order chi connectivity index (χ0) is 12.7. The second-order valence-corrected chi connectivity index (χ2v) is 4.90. The third-order valence-electron chi connectivity index (χ3n) is 3.63. The Morgan fingerprint density at radius 3 is 1.88 bits per heavy atom. The molecule has 0 aromatic heterocycles. The number of halogens is 1. The van der Waals surface area contributed by atoms with Crippen LogP contribution in [-0.2, 0) is 0 Å². The second kappa shape index (κ2) is 7.47. The van der Waals surface area contributed by atoms with Gasteiger partial charge in [-0.1, -0.05) is 58.6 Å². The first-order valence-electron chi connectivity index (χ1n) is 6.98. The minimum atomic E-state index is -0.133. The molecule has 0 saturated heterocycles. The van der Waals surface area contributed by atoms with Crippen molar-refractivity contribution in [1.82, 2.24) is 0 Å². The highest BCUT2D eigenvalue weighted by molar-refractivity contribution is 5.21. The van der Waals surface area contributed by atoms with Gasteiger partial charge in [0.2, 0.25) is 0 Å². The zero-order valence-corrected chi connectivity index (χ0v) is 11.4. The molecule has 0 spiro atoms. The molecule has 0 N–H and O–H groups in total. The quantitative estimate of drug-likeness (QED) is 0.583. The van der Waals surface area contributed by atoms with Crippen LogP contribution in [0, 0.1) is 11.7 Å². The van der Waals surface area contributed by atoms with Gasteiger partial charge in [-0.2, -0.15) is 0 Å². The van der Waals surface area contributed by atoms with Gasteiger partial charge in [0.05, 0.1) is 0 Å². The number of benzene rings is 1. The Labute approximate surface area is 105 Å². The molecule has 0 radical (unpaired) electrons. The van der Waals surface area contributed by atoms with Gasteiger partial charge in [-0.15, -0.1) is 0 Å². The normalized spacial score (nSPS) is 13.0. The molecule has 1 aromatic carbocycles. The van der Waals surface area contributed by atoms with Gasteiger partial charge in [-0.25, -0.2) is 4.39 Å². The molecule has 0 aliphatic heterocycles. The fourth-order valence-electron chi connectivity index (χ4n) is 2.84. The van der Waals surface area contributed by atoms with Crippen molar-refractivity contribution in [2.45, 2.75) is 58.8 Å². The summed E-state index contributed by atoms with van der Waals surface area (Å²) in [5.74, 6) is 1.21. The maximum atomic E-state index is 13.0. The van der Waals surface area contributed by atoms with E-state index in [1.807, 2.05) is 12.1 Å². The molecule has 1 aromatic rings. The molecule has 96 valence electrons. The second-order valence-electron chi connectivity index (χ2n) is 4.90. The molecule has 0 fully saturated rings. The molecule has 0 aliphatic carbocycles. The van der Waals surface area contributed by atoms with Crippen LogP contribution in [0.2, 0.25) is 0 Å². The van der Waals surface area contributed by atoms with Crippen molar-refractivity contribution in [2.75, 3.05) is 0 Å². The van der Waals surface area contributed by atoms with Crippen LogP contribution < -0.4 is 0 Å². The van der Waals surface area contributed by atoms with Crippen LogP contribution >= 0.6 is 0 Å². The maximum Gasteiger partial charge on any atom is 0.123 e. The van der Waals surface area contributed by atoms with Crippen molar-refractivity contribution in [3.63, 3.8) is 0 Å². The van der Waals surface area contributed by atoms with Crippen molar-refractivity contribution >= 4 is 0 Å². The van der Waals surface area contributed by atoms with E-state index in [-0.39, 0.29) is 5.82 Å². The first-order valence-corrected chi connectivity index (χ1v) is 6.98. The SMILES string of the molecule is CCCC(CCC)C(CC)c1ccc(F)cc1. The first-order chi connectivity index (χ1) is 8.22. The van der Waals surface area contributed by atoms with E-state index in [0.29, 0.717) is 5.92 Å². The van der Waals surface area contributed by atoms with Gasteiger partial charge in [-0.3, -0.25) is 0 Å². The third kappa shape index (κ3) is 4.14. The van der Waals surface area contributed by atoms with E-state index >= 15 is 0 Å². The molecule has 1 rings (SSSR count). The largest absolute Gasteiger partial charge is 0.207 e. The summed E-state index contributed by atoms with van der Waals surface area (Å²) in [4.78, 5) is 0. The molecule has 0 nitrogen and oxygen atoms in total. The Bertz CT molecular complexity index is 296. The summed E-state index contributed by atoms with van der Waals surface area (Å²) in [5.41, 5.74) is 1.31. The predicted molar refractivity (Wildman–Crippen MR) is 72.7 cm³/mol. The Balaban J connectivity index is 2.83. The summed E-state index contributed by atoms with van der Waals surface area (Å²) in [6.07, 6.45) is 6.19. The Morgan fingerprint density at radius 1 is 0.941 bits per heavy atom. The molecule has 1 unspecified atom stereocenters. The third-order valence-corrected chi connectivity index (χ3v) is 3.63. The van der Waals surface area contributed by atoms with E-state index in [9.17, 15) is 4.39 Å². The van der Waals surface area contributed by atoms with Crippen molar-refractivity contribution in [1.29, 1.82) is 0 Å². The van der Waals surface area contributed by atoms with Crippen LogP contribution in [0.15, 0.2) is 24.3 Å². The summed E-state index contributed by atoms with van der Waals surface area (Å²) in [6.45, 7) is 6.74. The van der Waals surface area contributed by atoms with Crippen LogP contribution in [0.4, 0.5) is 4.39 Å². The monoisotopic (exact) mass is 236 g/mol. The van der Waals surface area contributed by atoms with Crippen molar-refractivity contribution in [3.05, 3.63) is 35.6 Å².